The minimum absolute atomic E-state index is 0.153. The molecule has 0 aliphatic heterocycles. The van der Waals surface area contributed by atoms with Crippen LogP contribution in [0.2, 0.25) is 0 Å². The summed E-state index contributed by atoms with van der Waals surface area (Å²) in [5, 5.41) is 10.9. The van der Waals surface area contributed by atoms with Crippen molar-refractivity contribution < 1.29 is 9.13 Å². The third kappa shape index (κ3) is 1.83. The second-order valence-electron chi connectivity index (χ2n) is 2.96. The summed E-state index contributed by atoms with van der Waals surface area (Å²) in [6, 6.07) is 4.43. The van der Waals surface area contributed by atoms with E-state index in [-0.39, 0.29) is 11.6 Å². The maximum absolute atomic E-state index is 13.4. The smallest absolute Gasteiger partial charge is 0.171 e. The van der Waals surface area contributed by atoms with Crippen LogP contribution in [0.4, 0.5) is 4.39 Å². The largest absolute Gasteiger partial charge is 0.494 e. The lowest BCUT2D eigenvalue weighted by atomic mass is 10.3. The number of benzene rings is 1. The molecule has 2 aromatic rings. The van der Waals surface area contributed by atoms with Gasteiger partial charge in [0.05, 0.1) is 18.7 Å². The molecule has 0 aliphatic carbocycles. The van der Waals surface area contributed by atoms with Crippen LogP contribution in [0.15, 0.2) is 18.2 Å². The van der Waals surface area contributed by atoms with Gasteiger partial charge >= 0.3 is 0 Å². The molecule has 0 spiro atoms. The summed E-state index contributed by atoms with van der Waals surface area (Å²) in [5.41, 5.74) is 0.499. The van der Waals surface area contributed by atoms with Gasteiger partial charge in [0.15, 0.2) is 17.4 Å². The standard InChI is InChI=1S/C9H8ClFN4O/c1-16-8-3-2-6(4-7(8)11)15-9(5-10)12-13-14-15/h2-4H,5H2,1H3. The second-order valence-corrected chi connectivity index (χ2v) is 3.23. The van der Waals surface area contributed by atoms with E-state index in [9.17, 15) is 4.39 Å². The molecule has 0 saturated carbocycles. The molecule has 0 bridgehead atoms. The van der Waals surface area contributed by atoms with Crippen LogP contribution < -0.4 is 4.74 Å². The van der Waals surface area contributed by atoms with E-state index >= 15 is 0 Å². The Kier molecular flexibility index (Phi) is 3.00. The van der Waals surface area contributed by atoms with Gasteiger partial charge in [0.25, 0.3) is 0 Å². The zero-order valence-electron chi connectivity index (χ0n) is 8.39. The van der Waals surface area contributed by atoms with E-state index in [0.29, 0.717) is 11.5 Å². The average molecular weight is 243 g/mol. The molecule has 0 N–H and O–H groups in total. The van der Waals surface area contributed by atoms with Gasteiger partial charge in [0.2, 0.25) is 0 Å². The van der Waals surface area contributed by atoms with Gasteiger partial charge in [0, 0.05) is 6.07 Å². The molecule has 2 rings (SSSR count). The number of tetrazole rings is 1. The van der Waals surface area contributed by atoms with Crippen LogP contribution in [0.5, 0.6) is 5.75 Å². The molecule has 84 valence electrons. The minimum Gasteiger partial charge on any atom is -0.494 e. The van der Waals surface area contributed by atoms with Gasteiger partial charge in [-0.3, -0.25) is 0 Å². The summed E-state index contributed by atoms with van der Waals surface area (Å²) in [4.78, 5) is 0. The van der Waals surface area contributed by atoms with Crippen LogP contribution in [-0.4, -0.2) is 27.3 Å². The van der Waals surface area contributed by atoms with Crippen molar-refractivity contribution in [2.24, 2.45) is 0 Å². The fourth-order valence-corrected chi connectivity index (χ4v) is 1.44. The number of ether oxygens (including phenoxy) is 1. The number of hydrogen-bond acceptors (Lipinski definition) is 4. The predicted molar refractivity (Wildman–Crippen MR) is 55.2 cm³/mol. The summed E-state index contributed by atoms with van der Waals surface area (Å²) in [6.45, 7) is 0. The van der Waals surface area contributed by atoms with Gasteiger partial charge in [-0.1, -0.05) is 0 Å². The number of halogens is 2. The molecule has 0 unspecified atom stereocenters. The quantitative estimate of drug-likeness (QED) is 0.767. The highest BCUT2D eigenvalue weighted by atomic mass is 35.5. The molecule has 0 saturated heterocycles. The van der Waals surface area contributed by atoms with E-state index in [1.54, 1.807) is 6.07 Å². The first-order chi connectivity index (χ1) is 7.76. The Morgan fingerprint density at radius 1 is 1.50 bits per heavy atom. The first-order valence-electron chi connectivity index (χ1n) is 4.43. The fraction of sp³-hybridized carbons (Fsp3) is 0.222. The maximum atomic E-state index is 13.4. The van der Waals surface area contributed by atoms with Crippen molar-refractivity contribution in [3.8, 4) is 11.4 Å². The lowest BCUT2D eigenvalue weighted by Gasteiger charge is -2.05. The molecule has 1 aromatic heterocycles. The summed E-state index contributed by atoms with van der Waals surface area (Å²) >= 11 is 5.64. The van der Waals surface area contributed by atoms with Crippen molar-refractivity contribution in [2.45, 2.75) is 5.88 Å². The van der Waals surface area contributed by atoms with Crippen LogP contribution in [-0.2, 0) is 5.88 Å². The topological polar surface area (TPSA) is 52.8 Å². The number of nitrogens with zero attached hydrogens (tertiary/aromatic N) is 4. The molecule has 1 heterocycles. The molecule has 0 aliphatic rings. The van der Waals surface area contributed by atoms with Gasteiger partial charge < -0.3 is 4.74 Å². The Bertz CT molecular complexity index is 502. The number of rotatable bonds is 3. The van der Waals surface area contributed by atoms with Crippen molar-refractivity contribution in [3.63, 3.8) is 0 Å². The van der Waals surface area contributed by atoms with Gasteiger partial charge in [-0.15, -0.1) is 16.7 Å². The van der Waals surface area contributed by atoms with Crippen molar-refractivity contribution in [1.82, 2.24) is 20.2 Å². The summed E-state index contributed by atoms with van der Waals surface area (Å²) in [6.07, 6.45) is 0. The number of alkyl halides is 1. The summed E-state index contributed by atoms with van der Waals surface area (Å²) < 4.78 is 19.6. The first kappa shape index (κ1) is 10.8. The van der Waals surface area contributed by atoms with E-state index in [0.717, 1.165) is 0 Å². The van der Waals surface area contributed by atoms with Gasteiger partial charge in [-0.25, -0.2) is 4.39 Å². The molecule has 7 heteroatoms. The predicted octanol–water partition coefficient (Wildman–Crippen LogP) is 1.55. The third-order valence-corrected chi connectivity index (χ3v) is 2.27. The van der Waals surface area contributed by atoms with Crippen molar-refractivity contribution in [3.05, 3.63) is 29.8 Å². The van der Waals surface area contributed by atoms with Crippen LogP contribution in [0.25, 0.3) is 5.69 Å². The Labute approximate surface area is 95.8 Å². The highest BCUT2D eigenvalue weighted by Gasteiger charge is 2.09. The van der Waals surface area contributed by atoms with Crippen LogP contribution >= 0.6 is 11.6 Å². The average Bonchev–Trinajstić information content (AvgIpc) is 2.77. The molecule has 0 atom stereocenters. The third-order valence-electron chi connectivity index (χ3n) is 2.03. The highest BCUT2D eigenvalue weighted by molar-refractivity contribution is 6.16. The molecule has 0 amide bonds. The highest BCUT2D eigenvalue weighted by Crippen LogP contribution is 2.20. The fourth-order valence-electron chi connectivity index (χ4n) is 1.28. The lowest BCUT2D eigenvalue weighted by molar-refractivity contribution is 0.386. The summed E-state index contributed by atoms with van der Waals surface area (Å²) in [5.74, 6) is 0.298. The minimum atomic E-state index is -0.476. The van der Waals surface area contributed by atoms with Gasteiger partial charge in [-0.05, 0) is 22.6 Å². The summed E-state index contributed by atoms with van der Waals surface area (Å²) in [7, 11) is 1.40. The molecular formula is C9H8ClFN4O. The van der Waals surface area contributed by atoms with E-state index in [4.69, 9.17) is 16.3 Å². The Balaban J connectivity index is 2.45. The van der Waals surface area contributed by atoms with E-state index < -0.39 is 5.82 Å². The zero-order chi connectivity index (χ0) is 11.5. The van der Waals surface area contributed by atoms with E-state index in [1.165, 1.54) is 23.9 Å². The molecule has 0 radical (unpaired) electrons. The van der Waals surface area contributed by atoms with Crippen LogP contribution in [0, 0.1) is 5.82 Å². The monoisotopic (exact) mass is 242 g/mol. The van der Waals surface area contributed by atoms with Crippen molar-refractivity contribution in [1.29, 1.82) is 0 Å². The Hall–Kier alpha value is -1.69. The van der Waals surface area contributed by atoms with Crippen LogP contribution in [0.3, 0.4) is 0 Å². The van der Waals surface area contributed by atoms with Gasteiger partial charge in [0.1, 0.15) is 0 Å². The maximum Gasteiger partial charge on any atom is 0.171 e. The molecular weight excluding hydrogens is 235 g/mol. The lowest BCUT2D eigenvalue weighted by Crippen LogP contribution is -2.02. The zero-order valence-corrected chi connectivity index (χ0v) is 9.15. The first-order valence-corrected chi connectivity index (χ1v) is 4.97. The van der Waals surface area contributed by atoms with Crippen molar-refractivity contribution >= 4 is 11.6 Å². The second kappa shape index (κ2) is 4.44. The van der Waals surface area contributed by atoms with Crippen molar-refractivity contribution in [2.75, 3.05) is 7.11 Å². The Morgan fingerprint density at radius 3 is 2.94 bits per heavy atom. The Morgan fingerprint density at radius 2 is 2.31 bits per heavy atom. The number of hydrogen-bond donors (Lipinski definition) is 0. The molecule has 1 aromatic carbocycles. The van der Waals surface area contributed by atoms with E-state index in [1.807, 2.05) is 0 Å². The molecule has 0 fully saturated rings. The normalized spacial score (nSPS) is 10.4. The van der Waals surface area contributed by atoms with Crippen LogP contribution in [0.1, 0.15) is 5.82 Å². The van der Waals surface area contributed by atoms with Gasteiger partial charge in [-0.2, -0.15) is 4.68 Å². The molecule has 16 heavy (non-hydrogen) atoms. The SMILES string of the molecule is COc1ccc(-n2nnnc2CCl)cc1F. The molecule has 5 nitrogen and oxygen atoms in total. The number of methoxy groups -OCH3 is 1. The number of aromatic nitrogens is 4. The van der Waals surface area contributed by atoms with E-state index in [2.05, 4.69) is 15.5 Å².